The number of benzene rings is 1. The number of ether oxygens (including phenoxy) is 1. The standard InChI is InChI=1S/C15H23NO2/c1-11-4-5-12(2)14(8-11)18-10-13(17)9-16-15(3)6-7-15/h4-5,8,13,16-17H,6-7,9-10H2,1-3H3. The summed E-state index contributed by atoms with van der Waals surface area (Å²) in [7, 11) is 0. The molecule has 0 saturated heterocycles. The van der Waals surface area contributed by atoms with Gasteiger partial charge in [-0.2, -0.15) is 0 Å². The summed E-state index contributed by atoms with van der Waals surface area (Å²) in [5, 5.41) is 13.2. The van der Waals surface area contributed by atoms with Gasteiger partial charge in [0.2, 0.25) is 0 Å². The fourth-order valence-electron chi connectivity index (χ4n) is 1.84. The van der Waals surface area contributed by atoms with Crippen LogP contribution in [0, 0.1) is 13.8 Å². The van der Waals surface area contributed by atoms with E-state index in [0.717, 1.165) is 11.3 Å². The number of hydrogen-bond donors (Lipinski definition) is 2. The first-order valence-electron chi connectivity index (χ1n) is 6.62. The van der Waals surface area contributed by atoms with Gasteiger partial charge in [-0.15, -0.1) is 0 Å². The molecule has 2 N–H and O–H groups in total. The maximum atomic E-state index is 9.87. The maximum Gasteiger partial charge on any atom is 0.122 e. The molecule has 0 aromatic heterocycles. The van der Waals surface area contributed by atoms with E-state index in [1.807, 2.05) is 26.0 Å². The molecule has 1 aromatic rings. The van der Waals surface area contributed by atoms with E-state index in [9.17, 15) is 5.11 Å². The molecule has 0 radical (unpaired) electrons. The van der Waals surface area contributed by atoms with Crippen molar-refractivity contribution >= 4 is 0 Å². The van der Waals surface area contributed by atoms with E-state index in [0.29, 0.717) is 13.2 Å². The average Bonchev–Trinajstić information content (AvgIpc) is 3.07. The Morgan fingerprint density at radius 1 is 1.39 bits per heavy atom. The van der Waals surface area contributed by atoms with Crippen molar-refractivity contribution in [1.29, 1.82) is 0 Å². The van der Waals surface area contributed by atoms with Crippen LogP contribution in [0.5, 0.6) is 5.75 Å². The van der Waals surface area contributed by atoms with Gasteiger partial charge in [-0.3, -0.25) is 0 Å². The quantitative estimate of drug-likeness (QED) is 0.812. The Kier molecular flexibility index (Phi) is 3.93. The van der Waals surface area contributed by atoms with Crippen molar-refractivity contribution in [3.63, 3.8) is 0 Å². The van der Waals surface area contributed by atoms with Crippen LogP contribution in [0.1, 0.15) is 30.9 Å². The predicted molar refractivity (Wildman–Crippen MR) is 73.1 cm³/mol. The SMILES string of the molecule is Cc1ccc(C)c(OCC(O)CNC2(C)CC2)c1. The van der Waals surface area contributed by atoms with Crippen LogP contribution in [0.4, 0.5) is 0 Å². The number of β-amino-alcohol motifs (C(OH)–C–C–N with tert-alkyl or cyclic N) is 1. The van der Waals surface area contributed by atoms with Crippen LogP contribution < -0.4 is 10.1 Å². The van der Waals surface area contributed by atoms with Gasteiger partial charge in [0.05, 0.1) is 0 Å². The lowest BCUT2D eigenvalue weighted by Gasteiger charge is -2.17. The lowest BCUT2D eigenvalue weighted by Crippen LogP contribution is -2.37. The van der Waals surface area contributed by atoms with Crippen molar-refractivity contribution in [3.8, 4) is 5.75 Å². The monoisotopic (exact) mass is 249 g/mol. The third kappa shape index (κ3) is 3.72. The topological polar surface area (TPSA) is 41.5 Å². The van der Waals surface area contributed by atoms with Gasteiger partial charge in [0.25, 0.3) is 0 Å². The fourth-order valence-corrected chi connectivity index (χ4v) is 1.84. The fraction of sp³-hybridized carbons (Fsp3) is 0.600. The Morgan fingerprint density at radius 2 is 2.11 bits per heavy atom. The summed E-state index contributed by atoms with van der Waals surface area (Å²) in [6.45, 7) is 7.18. The number of aryl methyl sites for hydroxylation is 2. The zero-order chi connectivity index (χ0) is 13.2. The second-order valence-corrected chi connectivity index (χ2v) is 5.68. The molecule has 1 aromatic carbocycles. The molecule has 2 rings (SSSR count). The molecule has 0 spiro atoms. The highest BCUT2D eigenvalue weighted by Gasteiger charge is 2.36. The molecule has 3 nitrogen and oxygen atoms in total. The number of nitrogens with one attached hydrogen (secondary N) is 1. The Labute approximate surface area is 109 Å². The Morgan fingerprint density at radius 3 is 2.78 bits per heavy atom. The number of hydrogen-bond acceptors (Lipinski definition) is 3. The summed E-state index contributed by atoms with van der Waals surface area (Å²) in [6, 6.07) is 6.12. The smallest absolute Gasteiger partial charge is 0.122 e. The van der Waals surface area contributed by atoms with Crippen LogP contribution >= 0.6 is 0 Å². The molecule has 1 saturated carbocycles. The van der Waals surface area contributed by atoms with E-state index in [1.165, 1.54) is 18.4 Å². The molecule has 100 valence electrons. The maximum absolute atomic E-state index is 9.87. The van der Waals surface area contributed by atoms with Crippen molar-refractivity contribution < 1.29 is 9.84 Å². The third-order valence-electron chi connectivity index (χ3n) is 3.54. The zero-order valence-electron chi connectivity index (χ0n) is 11.5. The molecular formula is C15H23NO2. The zero-order valence-corrected chi connectivity index (χ0v) is 11.5. The first-order valence-corrected chi connectivity index (χ1v) is 6.62. The second kappa shape index (κ2) is 5.29. The largest absolute Gasteiger partial charge is 0.491 e. The van der Waals surface area contributed by atoms with Crippen LogP contribution in [0.15, 0.2) is 18.2 Å². The van der Waals surface area contributed by atoms with Crippen molar-refractivity contribution in [2.24, 2.45) is 0 Å². The highest BCUT2D eigenvalue weighted by atomic mass is 16.5. The van der Waals surface area contributed by atoms with Gasteiger partial charge in [-0.25, -0.2) is 0 Å². The van der Waals surface area contributed by atoms with Gasteiger partial charge in [0.1, 0.15) is 18.5 Å². The van der Waals surface area contributed by atoms with Crippen LogP contribution in [-0.4, -0.2) is 29.9 Å². The lowest BCUT2D eigenvalue weighted by atomic mass is 10.1. The summed E-state index contributed by atoms with van der Waals surface area (Å²) in [4.78, 5) is 0. The summed E-state index contributed by atoms with van der Waals surface area (Å²) in [5.41, 5.74) is 2.55. The van der Waals surface area contributed by atoms with Crippen molar-refractivity contribution in [2.45, 2.75) is 45.3 Å². The van der Waals surface area contributed by atoms with E-state index in [-0.39, 0.29) is 5.54 Å². The van der Waals surface area contributed by atoms with Crippen molar-refractivity contribution in [2.75, 3.05) is 13.2 Å². The molecule has 0 amide bonds. The second-order valence-electron chi connectivity index (χ2n) is 5.68. The average molecular weight is 249 g/mol. The molecule has 0 bridgehead atoms. The first kappa shape index (κ1) is 13.4. The summed E-state index contributed by atoms with van der Waals surface area (Å²) in [6.07, 6.45) is 1.96. The minimum atomic E-state index is -0.456. The minimum absolute atomic E-state index is 0.264. The summed E-state index contributed by atoms with van der Waals surface area (Å²) >= 11 is 0. The molecule has 18 heavy (non-hydrogen) atoms. The van der Waals surface area contributed by atoms with Gasteiger partial charge in [-0.1, -0.05) is 12.1 Å². The van der Waals surface area contributed by atoms with Crippen molar-refractivity contribution in [3.05, 3.63) is 29.3 Å². The molecule has 0 aliphatic heterocycles. The molecule has 3 heteroatoms. The number of aliphatic hydroxyl groups is 1. The molecule has 1 aliphatic carbocycles. The van der Waals surface area contributed by atoms with Gasteiger partial charge in [0.15, 0.2) is 0 Å². The summed E-state index contributed by atoms with van der Waals surface area (Å²) < 4.78 is 5.68. The van der Waals surface area contributed by atoms with Gasteiger partial charge in [-0.05, 0) is 50.8 Å². The minimum Gasteiger partial charge on any atom is -0.491 e. The van der Waals surface area contributed by atoms with E-state index in [1.54, 1.807) is 0 Å². The molecule has 1 fully saturated rings. The van der Waals surface area contributed by atoms with Gasteiger partial charge in [0, 0.05) is 12.1 Å². The highest BCUT2D eigenvalue weighted by molar-refractivity contribution is 5.35. The molecular weight excluding hydrogens is 226 g/mol. The van der Waals surface area contributed by atoms with Gasteiger partial charge >= 0.3 is 0 Å². The lowest BCUT2D eigenvalue weighted by molar-refractivity contribution is 0.103. The molecule has 1 aliphatic rings. The molecule has 0 heterocycles. The van der Waals surface area contributed by atoms with Crippen LogP contribution in [-0.2, 0) is 0 Å². The van der Waals surface area contributed by atoms with E-state index in [4.69, 9.17) is 4.74 Å². The van der Waals surface area contributed by atoms with Gasteiger partial charge < -0.3 is 15.2 Å². The number of rotatable bonds is 6. The summed E-state index contributed by atoms with van der Waals surface area (Å²) in [5.74, 6) is 0.867. The number of aliphatic hydroxyl groups excluding tert-OH is 1. The van der Waals surface area contributed by atoms with E-state index >= 15 is 0 Å². The Hall–Kier alpha value is -1.06. The third-order valence-corrected chi connectivity index (χ3v) is 3.54. The van der Waals surface area contributed by atoms with Crippen molar-refractivity contribution in [1.82, 2.24) is 5.32 Å². The van der Waals surface area contributed by atoms with E-state index in [2.05, 4.69) is 18.3 Å². The first-order chi connectivity index (χ1) is 8.48. The predicted octanol–water partition coefficient (Wildman–Crippen LogP) is 2.19. The molecule has 1 atom stereocenters. The Balaban J connectivity index is 1.77. The van der Waals surface area contributed by atoms with E-state index < -0.39 is 6.10 Å². The highest BCUT2D eigenvalue weighted by Crippen LogP contribution is 2.34. The normalized spacial score (nSPS) is 18.4. The Bertz CT molecular complexity index is 413. The van der Waals surface area contributed by atoms with Crippen LogP contribution in [0.25, 0.3) is 0 Å². The van der Waals surface area contributed by atoms with Crippen LogP contribution in [0.2, 0.25) is 0 Å². The van der Waals surface area contributed by atoms with Crippen LogP contribution in [0.3, 0.4) is 0 Å². The molecule has 1 unspecified atom stereocenters.